The fraction of sp³-hybridized carbons (Fsp3) is 0.714. The van der Waals surface area contributed by atoms with E-state index >= 15 is 0 Å². The monoisotopic (exact) mass is 128 g/mol. The predicted octanol–water partition coefficient (Wildman–Crippen LogP) is 2.19. The van der Waals surface area contributed by atoms with Crippen molar-refractivity contribution in [1.29, 1.82) is 0 Å². The summed E-state index contributed by atoms with van der Waals surface area (Å²) in [6.45, 7) is 0. The van der Waals surface area contributed by atoms with Gasteiger partial charge in [0.1, 0.15) is 0 Å². The number of hydrogen-bond acceptors (Lipinski definition) is 0. The van der Waals surface area contributed by atoms with Gasteiger partial charge in [0, 0.05) is 5.38 Å². The van der Waals surface area contributed by atoms with Gasteiger partial charge < -0.3 is 0 Å². The molecule has 0 aromatic heterocycles. The Hall–Kier alpha value is 0.0300. The largest absolute Gasteiger partial charge is 0.122 e. The second-order valence-corrected chi connectivity index (χ2v) is 3.36. The summed E-state index contributed by atoms with van der Waals surface area (Å²) < 4.78 is 0. The van der Waals surface area contributed by atoms with E-state index in [9.17, 15) is 0 Å². The minimum absolute atomic E-state index is 0.463. The van der Waals surface area contributed by atoms with Crippen LogP contribution >= 0.6 is 11.6 Å². The molecule has 0 aromatic rings. The van der Waals surface area contributed by atoms with E-state index in [1.165, 1.54) is 12.8 Å². The molecule has 0 radical (unpaired) electrons. The molecule has 0 aliphatic heterocycles. The molecular weight excluding hydrogens is 120 g/mol. The van der Waals surface area contributed by atoms with Gasteiger partial charge >= 0.3 is 0 Å². The van der Waals surface area contributed by atoms with E-state index in [0.29, 0.717) is 5.38 Å². The summed E-state index contributed by atoms with van der Waals surface area (Å²) in [6, 6.07) is 0. The van der Waals surface area contributed by atoms with E-state index in [2.05, 4.69) is 12.2 Å². The topological polar surface area (TPSA) is 0 Å². The van der Waals surface area contributed by atoms with Crippen molar-refractivity contribution in [3.05, 3.63) is 12.2 Å². The molecule has 0 nitrogen and oxygen atoms in total. The van der Waals surface area contributed by atoms with Crippen LogP contribution in [0, 0.1) is 11.8 Å². The van der Waals surface area contributed by atoms with Gasteiger partial charge in [-0.25, -0.2) is 0 Å². The van der Waals surface area contributed by atoms with Crippen LogP contribution in [-0.4, -0.2) is 5.38 Å². The summed E-state index contributed by atoms with van der Waals surface area (Å²) in [6.07, 6.45) is 7.13. The average molecular weight is 129 g/mol. The lowest BCUT2D eigenvalue weighted by atomic mass is 10.1. The molecule has 0 aromatic carbocycles. The van der Waals surface area contributed by atoms with E-state index < -0.39 is 0 Å². The van der Waals surface area contributed by atoms with Crippen LogP contribution in [0.2, 0.25) is 0 Å². The summed E-state index contributed by atoms with van der Waals surface area (Å²) >= 11 is 5.96. The van der Waals surface area contributed by atoms with Crippen LogP contribution in [0.5, 0.6) is 0 Å². The van der Waals surface area contributed by atoms with E-state index in [1.54, 1.807) is 0 Å². The van der Waals surface area contributed by atoms with E-state index in [0.717, 1.165) is 11.8 Å². The summed E-state index contributed by atoms with van der Waals surface area (Å²) in [4.78, 5) is 0. The van der Waals surface area contributed by atoms with Crippen LogP contribution in [0.15, 0.2) is 12.2 Å². The van der Waals surface area contributed by atoms with Crippen molar-refractivity contribution in [2.45, 2.75) is 18.2 Å². The Balaban J connectivity index is 2.23. The van der Waals surface area contributed by atoms with E-state index in [-0.39, 0.29) is 0 Å². The summed E-state index contributed by atoms with van der Waals surface area (Å²) in [5, 5.41) is 0.463. The first-order valence-corrected chi connectivity index (χ1v) is 3.62. The quantitative estimate of drug-likeness (QED) is 0.347. The highest BCUT2D eigenvalue weighted by molar-refractivity contribution is 6.21. The fourth-order valence-corrected chi connectivity index (χ4v) is 2.13. The first-order valence-electron chi connectivity index (χ1n) is 3.18. The highest BCUT2D eigenvalue weighted by Gasteiger charge is 2.33. The second kappa shape index (κ2) is 1.51. The predicted molar refractivity (Wildman–Crippen MR) is 35.0 cm³/mol. The molecular formula is C7H9Cl. The third-order valence-electron chi connectivity index (χ3n) is 2.20. The maximum absolute atomic E-state index is 5.96. The van der Waals surface area contributed by atoms with E-state index in [1.807, 2.05) is 0 Å². The zero-order chi connectivity index (χ0) is 5.56. The molecule has 2 aliphatic carbocycles. The van der Waals surface area contributed by atoms with Gasteiger partial charge in [-0.1, -0.05) is 12.2 Å². The Kier molecular flexibility index (Phi) is 0.916. The lowest BCUT2D eigenvalue weighted by molar-refractivity contribution is 0.692. The van der Waals surface area contributed by atoms with Crippen LogP contribution in [0.25, 0.3) is 0 Å². The van der Waals surface area contributed by atoms with Crippen molar-refractivity contribution < 1.29 is 0 Å². The maximum atomic E-state index is 5.96. The zero-order valence-corrected chi connectivity index (χ0v) is 5.43. The van der Waals surface area contributed by atoms with Crippen LogP contribution in [0.3, 0.4) is 0 Å². The van der Waals surface area contributed by atoms with E-state index in [4.69, 9.17) is 11.6 Å². The van der Waals surface area contributed by atoms with Crippen molar-refractivity contribution in [2.75, 3.05) is 0 Å². The van der Waals surface area contributed by atoms with Gasteiger partial charge in [-0.2, -0.15) is 0 Å². The van der Waals surface area contributed by atoms with Crippen molar-refractivity contribution in [2.24, 2.45) is 11.8 Å². The first kappa shape index (κ1) is 4.87. The van der Waals surface area contributed by atoms with Gasteiger partial charge in [-0.3, -0.25) is 0 Å². The molecule has 44 valence electrons. The van der Waals surface area contributed by atoms with Crippen LogP contribution in [0.1, 0.15) is 12.8 Å². The molecule has 1 heteroatoms. The van der Waals surface area contributed by atoms with Gasteiger partial charge in [0.05, 0.1) is 0 Å². The Morgan fingerprint density at radius 2 is 2.12 bits per heavy atom. The number of hydrogen-bond donors (Lipinski definition) is 0. The van der Waals surface area contributed by atoms with Crippen molar-refractivity contribution in [1.82, 2.24) is 0 Å². The van der Waals surface area contributed by atoms with Gasteiger partial charge in [0.2, 0.25) is 0 Å². The fourth-order valence-electron chi connectivity index (χ4n) is 1.71. The van der Waals surface area contributed by atoms with Crippen molar-refractivity contribution in [3.8, 4) is 0 Å². The Morgan fingerprint density at radius 1 is 1.25 bits per heavy atom. The minimum atomic E-state index is 0.463. The van der Waals surface area contributed by atoms with Gasteiger partial charge in [0.25, 0.3) is 0 Å². The normalized spacial score (nSPS) is 50.9. The molecule has 3 atom stereocenters. The first-order chi connectivity index (χ1) is 3.86. The molecule has 0 saturated heterocycles. The maximum Gasteiger partial charge on any atom is 0.0404 e. The highest BCUT2D eigenvalue weighted by atomic mass is 35.5. The van der Waals surface area contributed by atoms with Crippen molar-refractivity contribution >= 4 is 11.6 Å². The molecule has 0 heterocycles. The standard InChI is InChI=1S/C7H9Cl/c8-7-4-5-1-2-6(7)3-5/h1-2,5-7H,3-4H2/t5-,6+,7-/m0/s1. The van der Waals surface area contributed by atoms with Crippen LogP contribution < -0.4 is 0 Å². The molecule has 1 saturated carbocycles. The number of allylic oxidation sites excluding steroid dienone is 2. The number of fused-ring (bicyclic) bond motifs is 2. The number of halogens is 1. The third kappa shape index (κ3) is 0.526. The highest BCUT2D eigenvalue weighted by Crippen LogP contribution is 2.41. The molecule has 1 fully saturated rings. The third-order valence-corrected chi connectivity index (χ3v) is 2.70. The van der Waals surface area contributed by atoms with Gasteiger partial charge in [0.15, 0.2) is 0 Å². The molecule has 8 heavy (non-hydrogen) atoms. The molecule has 0 spiro atoms. The Morgan fingerprint density at radius 3 is 2.38 bits per heavy atom. The summed E-state index contributed by atoms with van der Waals surface area (Å²) in [5.41, 5.74) is 0. The Labute approximate surface area is 54.5 Å². The zero-order valence-electron chi connectivity index (χ0n) is 4.68. The average Bonchev–Trinajstić information content (AvgIpc) is 2.23. The molecule has 0 amide bonds. The molecule has 0 N–H and O–H groups in total. The van der Waals surface area contributed by atoms with Gasteiger partial charge in [-0.15, -0.1) is 11.6 Å². The Bertz CT molecular complexity index is 128. The summed E-state index contributed by atoms with van der Waals surface area (Å²) in [7, 11) is 0. The summed E-state index contributed by atoms with van der Waals surface area (Å²) in [5.74, 6) is 1.56. The number of alkyl halides is 1. The molecule has 2 rings (SSSR count). The molecule has 0 unspecified atom stereocenters. The van der Waals surface area contributed by atoms with Crippen LogP contribution in [0.4, 0.5) is 0 Å². The lowest BCUT2D eigenvalue weighted by Gasteiger charge is -2.07. The van der Waals surface area contributed by atoms with Crippen molar-refractivity contribution in [3.63, 3.8) is 0 Å². The lowest BCUT2D eigenvalue weighted by Crippen LogP contribution is -2.03. The molecule has 2 bridgehead atoms. The van der Waals surface area contributed by atoms with Crippen LogP contribution in [-0.2, 0) is 0 Å². The smallest absolute Gasteiger partial charge is 0.0404 e. The minimum Gasteiger partial charge on any atom is -0.122 e. The second-order valence-electron chi connectivity index (χ2n) is 2.80. The SMILES string of the molecule is Cl[C@H]1C[C@H]2C=C[C@@H]1C2. The molecule has 2 aliphatic rings. The number of rotatable bonds is 0. The van der Waals surface area contributed by atoms with Gasteiger partial charge in [-0.05, 0) is 24.7 Å².